The highest BCUT2D eigenvalue weighted by atomic mass is 32.1. The Morgan fingerprint density at radius 1 is 0.364 bits per heavy atom. The van der Waals surface area contributed by atoms with E-state index >= 15 is 0 Å². The minimum absolute atomic E-state index is 1.17. The van der Waals surface area contributed by atoms with Gasteiger partial charge in [0.1, 0.15) is 0 Å². The Hall–Kier alpha value is -5.44. The van der Waals surface area contributed by atoms with Crippen LogP contribution in [0, 0.1) is 0 Å². The lowest BCUT2D eigenvalue weighted by molar-refractivity contribution is 1.18. The van der Waals surface area contributed by atoms with Gasteiger partial charge in [0, 0.05) is 36.6 Å². The quantitative estimate of drug-likeness (QED) is 0.196. The molecule has 0 N–H and O–H groups in total. The predicted octanol–water partition coefficient (Wildman–Crippen LogP) is 12.2. The molecule has 206 valence electrons. The molecule has 0 aliphatic rings. The lowest BCUT2D eigenvalue weighted by Crippen LogP contribution is -1.94. The normalized spacial score (nSPS) is 11.6. The average Bonchev–Trinajstić information content (AvgIpc) is 3.65. The van der Waals surface area contributed by atoms with Crippen molar-refractivity contribution in [2.75, 3.05) is 0 Å². The first-order valence-corrected chi connectivity index (χ1v) is 15.8. The molecule has 2 heterocycles. The molecule has 0 unspecified atom stereocenters. The third-order valence-electron chi connectivity index (χ3n) is 8.81. The molecule has 0 aliphatic heterocycles. The van der Waals surface area contributed by atoms with Crippen molar-refractivity contribution in [1.82, 2.24) is 4.57 Å². The summed E-state index contributed by atoms with van der Waals surface area (Å²) in [7, 11) is 0. The van der Waals surface area contributed by atoms with Gasteiger partial charge in [0.25, 0.3) is 0 Å². The highest BCUT2D eigenvalue weighted by Gasteiger charge is 2.17. The summed E-state index contributed by atoms with van der Waals surface area (Å²) in [5, 5.41) is 5.31. The summed E-state index contributed by atoms with van der Waals surface area (Å²) < 4.78 is 5.13. The Morgan fingerprint density at radius 3 is 1.77 bits per heavy atom. The molecule has 0 atom stereocenters. The first kappa shape index (κ1) is 25.1. The van der Waals surface area contributed by atoms with Gasteiger partial charge < -0.3 is 4.57 Å². The van der Waals surface area contributed by atoms with Crippen molar-refractivity contribution in [3.05, 3.63) is 164 Å². The van der Waals surface area contributed by atoms with E-state index in [2.05, 4.69) is 168 Å². The second kappa shape index (κ2) is 10.1. The van der Waals surface area contributed by atoms with Crippen molar-refractivity contribution < 1.29 is 0 Å². The van der Waals surface area contributed by atoms with Crippen molar-refractivity contribution >= 4 is 53.3 Å². The maximum Gasteiger partial charge on any atom is 0.0555 e. The molecule has 0 spiro atoms. The zero-order chi connectivity index (χ0) is 29.0. The molecular formula is C42H27NS. The van der Waals surface area contributed by atoms with E-state index < -0.39 is 0 Å². The zero-order valence-electron chi connectivity index (χ0n) is 23.9. The van der Waals surface area contributed by atoms with Crippen LogP contribution in [0.1, 0.15) is 0 Å². The van der Waals surface area contributed by atoms with E-state index in [1.54, 1.807) is 0 Å². The Bertz CT molecular complexity index is 2480. The van der Waals surface area contributed by atoms with Crippen LogP contribution in [0.15, 0.2) is 164 Å². The largest absolute Gasteiger partial charge is 0.309 e. The predicted molar refractivity (Wildman–Crippen MR) is 190 cm³/mol. The number of para-hydroxylation sites is 1. The summed E-state index contributed by atoms with van der Waals surface area (Å²) in [6.45, 7) is 0. The second-order valence-electron chi connectivity index (χ2n) is 11.4. The maximum atomic E-state index is 2.43. The number of nitrogens with zero attached hydrogens (tertiary/aromatic N) is 1. The Labute approximate surface area is 259 Å². The maximum absolute atomic E-state index is 2.43. The number of rotatable bonds is 4. The van der Waals surface area contributed by atoms with Gasteiger partial charge in [-0.05, 0) is 69.8 Å². The molecule has 9 aromatic rings. The van der Waals surface area contributed by atoms with Crippen LogP contribution >= 0.6 is 11.3 Å². The van der Waals surface area contributed by atoms with Crippen LogP contribution in [0.2, 0.25) is 0 Å². The van der Waals surface area contributed by atoms with Crippen LogP contribution in [-0.4, -0.2) is 4.57 Å². The van der Waals surface area contributed by atoms with Gasteiger partial charge in [-0.1, -0.05) is 127 Å². The van der Waals surface area contributed by atoms with E-state index in [1.165, 1.54) is 81.0 Å². The molecular weight excluding hydrogens is 551 g/mol. The van der Waals surface area contributed by atoms with E-state index in [0.29, 0.717) is 0 Å². The van der Waals surface area contributed by atoms with Crippen LogP contribution in [0.5, 0.6) is 0 Å². The zero-order valence-corrected chi connectivity index (χ0v) is 24.8. The highest BCUT2D eigenvalue weighted by molar-refractivity contribution is 7.26. The van der Waals surface area contributed by atoms with E-state index in [0.717, 1.165) is 0 Å². The van der Waals surface area contributed by atoms with Crippen LogP contribution < -0.4 is 0 Å². The summed E-state index contributed by atoms with van der Waals surface area (Å²) in [4.78, 5) is 0. The summed E-state index contributed by atoms with van der Waals surface area (Å²) in [6.07, 6.45) is 0. The molecule has 9 rings (SSSR count). The first-order chi connectivity index (χ1) is 21.8. The van der Waals surface area contributed by atoms with Crippen molar-refractivity contribution in [2.45, 2.75) is 0 Å². The van der Waals surface area contributed by atoms with E-state index in [4.69, 9.17) is 0 Å². The minimum Gasteiger partial charge on any atom is -0.309 e. The monoisotopic (exact) mass is 577 g/mol. The van der Waals surface area contributed by atoms with Crippen molar-refractivity contribution in [3.8, 4) is 39.1 Å². The molecule has 0 bridgehead atoms. The highest BCUT2D eigenvalue weighted by Crippen LogP contribution is 2.43. The number of aromatic nitrogens is 1. The number of hydrogen-bond donors (Lipinski definition) is 0. The van der Waals surface area contributed by atoms with Crippen LogP contribution in [-0.2, 0) is 0 Å². The lowest BCUT2D eigenvalue weighted by Gasteiger charge is -2.11. The number of fused-ring (bicyclic) bond motifs is 7. The van der Waals surface area contributed by atoms with Gasteiger partial charge in [-0.3, -0.25) is 0 Å². The lowest BCUT2D eigenvalue weighted by atomic mass is 9.97. The Morgan fingerprint density at radius 2 is 0.955 bits per heavy atom. The van der Waals surface area contributed by atoms with Gasteiger partial charge >= 0.3 is 0 Å². The fourth-order valence-electron chi connectivity index (χ4n) is 6.70. The van der Waals surface area contributed by atoms with Gasteiger partial charge in [-0.25, -0.2) is 0 Å². The average molecular weight is 578 g/mol. The van der Waals surface area contributed by atoms with Crippen LogP contribution in [0.25, 0.3) is 81.0 Å². The molecule has 7 aromatic carbocycles. The first-order valence-electron chi connectivity index (χ1n) is 15.0. The summed E-state index contributed by atoms with van der Waals surface area (Å²) >= 11 is 1.90. The van der Waals surface area contributed by atoms with Crippen LogP contribution in [0.3, 0.4) is 0 Å². The fourth-order valence-corrected chi connectivity index (χ4v) is 7.96. The van der Waals surface area contributed by atoms with Crippen LogP contribution in [0.4, 0.5) is 0 Å². The number of benzene rings is 7. The number of hydrogen-bond acceptors (Lipinski definition) is 1. The molecule has 0 aliphatic carbocycles. The second-order valence-corrected chi connectivity index (χ2v) is 12.4. The molecule has 0 fully saturated rings. The molecule has 44 heavy (non-hydrogen) atoms. The minimum atomic E-state index is 1.17. The summed E-state index contributed by atoms with van der Waals surface area (Å²) in [6, 6.07) is 59.5. The topological polar surface area (TPSA) is 4.93 Å². The van der Waals surface area contributed by atoms with E-state index in [-0.39, 0.29) is 0 Å². The molecule has 0 saturated carbocycles. The van der Waals surface area contributed by atoms with Gasteiger partial charge in [0.05, 0.1) is 11.0 Å². The van der Waals surface area contributed by atoms with Gasteiger partial charge in [0.2, 0.25) is 0 Å². The molecule has 0 amide bonds. The molecule has 0 radical (unpaired) electrons. The van der Waals surface area contributed by atoms with E-state index in [9.17, 15) is 0 Å². The SMILES string of the molecule is c1ccc(-c2ccc(-c3cccc(-c4cccc(-n5c6ccccc6c6c7sc8ccccc8c7ccc65)c4)c3)cc2)cc1. The van der Waals surface area contributed by atoms with Crippen molar-refractivity contribution in [2.24, 2.45) is 0 Å². The smallest absolute Gasteiger partial charge is 0.0555 e. The third-order valence-corrected chi connectivity index (χ3v) is 10.0. The summed E-state index contributed by atoms with van der Waals surface area (Å²) in [5.74, 6) is 0. The van der Waals surface area contributed by atoms with Gasteiger partial charge in [-0.2, -0.15) is 0 Å². The van der Waals surface area contributed by atoms with Crippen molar-refractivity contribution in [3.63, 3.8) is 0 Å². The van der Waals surface area contributed by atoms with Gasteiger partial charge in [-0.15, -0.1) is 11.3 Å². The fraction of sp³-hybridized carbons (Fsp3) is 0. The molecule has 2 heteroatoms. The molecule has 1 nitrogen and oxygen atoms in total. The van der Waals surface area contributed by atoms with Crippen molar-refractivity contribution in [1.29, 1.82) is 0 Å². The standard InChI is InChI=1S/C42H27NS/c1-2-10-28(11-3-1)29-20-22-30(23-21-29)31-12-8-13-32(26-31)33-14-9-15-34(27-33)43-38-18-6-4-17-37(38)41-39(43)25-24-36-35-16-5-7-19-40(35)44-42(36)41/h1-27H. The van der Waals surface area contributed by atoms with E-state index in [1.807, 2.05) is 11.3 Å². The number of thiophene rings is 1. The molecule has 2 aromatic heterocycles. The Balaban J connectivity index is 1.16. The third kappa shape index (κ3) is 4.00. The Kier molecular flexibility index (Phi) is 5.75. The summed E-state index contributed by atoms with van der Waals surface area (Å²) in [5.41, 5.74) is 11.0. The van der Waals surface area contributed by atoms with Gasteiger partial charge in [0.15, 0.2) is 0 Å². The molecule has 0 saturated heterocycles.